The van der Waals surface area contributed by atoms with Gasteiger partial charge in [-0.05, 0) is 49.3 Å². The molecule has 0 aliphatic heterocycles. The van der Waals surface area contributed by atoms with Crippen LogP contribution in [0.2, 0.25) is 5.02 Å². The normalized spacial score (nSPS) is 26.0. The molecule has 0 aromatic heterocycles. The second-order valence-electron chi connectivity index (χ2n) is 6.20. The monoisotopic (exact) mass is 328 g/mol. The molecule has 116 valence electrons. The minimum atomic E-state index is -0.148. The molecule has 5 heteroatoms. The van der Waals surface area contributed by atoms with E-state index in [2.05, 4.69) is 5.32 Å². The first-order chi connectivity index (χ1) is 9.59. The van der Waals surface area contributed by atoms with Gasteiger partial charge in [0.25, 0.3) is 0 Å². The van der Waals surface area contributed by atoms with Crippen LogP contribution in [0.3, 0.4) is 0 Å². The van der Waals surface area contributed by atoms with Crippen molar-refractivity contribution in [2.24, 2.45) is 11.7 Å². The molecule has 2 atom stereocenters. The number of carbonyl (C=O) groups is 1. The van der Waals surface area contributed by atoms with Crippen LogP contribution >= 0.6 is 24.0 Å². The molecule has 1 aromatic rings. The average Bonchev–Trinajstić information content (AvgIpc) is 3.08. The first-order valence-corrected chi connectivity index (χ1v) is 7.79. The van der Waals surface area contributed by atoms with Gasteiger partial charge in [-0.25, -0.2) is 0 Å². The number of amides is 1. The molecule has 2 saturated carbocycles. The number of benzene rings is 1. The highest BCUT2D eigenvalue weighted by Gasteiger charge is 2.45. The second-order valence-corrected chi connectivity index (χ2v) is 6.63. The molecule has 0 saturated heterocycles. The topological polar surface area (TPSA) is 55.1 Å². The Morgan fingerprint density at radius 1 is 1.29 bits per heavy atom. The largest absolute Gasteiger partial charge is 0.347 e. The van der Waals surface area contributed by atoms with Crippen molar-refractivity contribution in [3.05, 3.63) is 34.9 Å². The number of carbonyl (C=O) groups excluding carboxylic acids is 1. The number of rotatable bonds is 4. The third kappa shape index (κ3) is 3.71. The van der Waals surface area contributed by atoms with E-state index in [1.54, 1.807) is 0 Å². The summed E-state index contributed by atoms with van der Waals surface area (Å²) in [5, 5.41) is 3.94. The standard InChI is InChI=1S/C16H21ClN2O.ClH/c17-13-6-4-12(5-7-13)16(8-9-16)19-15(20)10-11-2-1-3-14(11)18;/h4-7,11,14H,1-3,8-10,18H2,(H,19,20);1H/t11-,14+;/m0./s1. The maximum Gasteiger partial charge on any atom is 0.221 e. The zero-order valence-electron chi connectivity index (χ0n) is 12.0. The maximum atomic E-state index is 12.2. The fourth-order valence-corrected chi connectivity index (χ4v) is 3.38. The van der Waals surface area contributed by atoms with E-state index in [0.717, 1.165) is 42.7 Å². The van der Waals surface area contributed by atoms with E-state index in [1.807, 2.05) is 24.3 Å². The molecule has 2 aliphatic rings. The Morgan fingerprint density at radius 3 is 2.48 bits per heavy atom. The second kappa shape index (κ2) is 6.55. The Morgan fingerprint density at radius 2 is 1.95 bits per heavy atom. The van der Waals surface area contributed by atoms with Crippen LogP contribution in [0.25, 0.3) is 0 Å². The van der Waals surface area contributed by atoms with E-state index < -0.39 is 0 Å². The molecule has 0 unspecified atom stereocenters. The summed E-state index contributed by atoms with van der Waals surface area (Å²) in [5.41, 5.74) is 7.05. The van der Waals surface area contributed by atoms with Gasteiger partial charge in [-0.2, -0.15) is 0 Å². The highest BCUT2D eigenvalue weighted by Crippen LogP contribution is 2.46. The number of nitrogens with one attached hydrogen (secondary N) is 1. The molecule has 0 radical (unpaired) electrons. The summed E-state index contributed by atoms with van der Waals surface area (Å²) in [6.45, 7) is 0. The molecular weight excluding hydrogens is 307 g/mol. The first-order valence-electron chi connectivity index (χ1n) is 7.42. The van der Waals surface area contributed by atoms with Gasteiger partial charge in [-0.1, -0.05) is 30.2 Å². The average molecular weight is 329 g/mol. The summed E-state index contributed by atoms with van der Waals surface area (Å²) in [5.74, 6) is 0.496. The Hall–Kier alpha value is -0.770. The zero-order valence-corrected chi connectivity index (χ0v) is 13.6. The number of hydrogen-bond acceptors (Lipinski definition) is 2. The van der Waals surface area contributed by atoms with Crippen molar-refractivity contribution in [1.82, 2.24) is 5.32 Å². The van der Waals surface area contributed by atoms with Crippen molar-refractivity contribution < 1.29 is 4.79 Å². The number of hydrogen-bond donors (Lipinski definition) is 2. The smallest absolute Gasteiger partial charge is 0.221 e. The van der Waals surface area contributed by atoms with E-state index in [0.29, 0.717) is 12.3 Å². The molecule has 1 aromatic carbocycles. The van der Waals surface area contributed by atoms with E-state index in [4.69, 9.17) is 17.3 Å². The molecule has 0 spiro atoms. The predicted octanol–water partition coefficient (Wildman–Crippen LogP) is 3.38. The van der Waals surface area contributed by atoms with Gasteiger partial charge in [-0.15, -0.1) is 12.4 Å². The zero-order chi connectivity index (χ0) is 14.2. The summed E-state index contributed by atoms with van der Waals surface area (Å²) in [6.07, 6.45) is 5.88. The van der Waals surface area contributed by atoms with Gasteiger partial charge in [0.2, 0.25) is 5.91 Å². The Bertz CT molecular complexity index is 500. The van der Waals surface area contributed by atoms with Gasteiger partial charge in [0, 0.05) is 17.5 Å². The lowest BCUT2D eigenvalue weighted by atomic mass is 9.98. The molecule has 0 heterocycles. The van der Waals surface area contributed by atoms with Crippen LogP contribution in [-0.2, 0) is 10.3 Å². The molecule has 21 heavy (non-hydrogen) atoms. The molecule has 0 bridgehead atoms. The Kier molecular flexibility index (Phi) is 5.18. The van der Waals surface area contributed by atoms with Crippen LogP contribution in [0.1, 0.15) is 44.1 Å². The van der Waals surface area contributed by atoms with Gasteiger partial charge in [-0.3, -0.25) is 4.79 Å². The summed E-state index contributed by atoms with van der Waals surface area (Å²) in [7, 11) is 0. The van der Waals surface area contributed by atoms with Gasteiger partial charge in [0.05, 0.1) is 5.54 Å². The lowest BCUT2D eigenvalue weighted by Gasteiger charge is -2.21. The lowest BCUT2D eigenvalue weighted by Crippen LogP contribution is -2.37. The third-order valence-electron chi connectivity index (χ3n) is 4.69. The minimum absolute atomic E-state index is 0. The Balaban J connectivity index is 0.00000161. The van der Waals surface area contributed by atoms with Crippen molar-refractivity contribution in [3.8, 4) is 0 Å². The third-order valence-corrected chi connectivity index (χ3v) is 4.94. The SMILES string of the molecule is Cl.N[C@@H]1CCC[C@H]1CC(=O)NC1(c2ccc(Cl)cc2)CC1. The molecule has 3 nitrogen and oxygen atoms in total. The summed E-state index contributed by atoms with van der Waals surface area (Å²) in [6, 6.07) is 7.99. The van der Waals surface area contributed by atoms with Crippen LogP contribution in [0, 0.1) is 5.92 Å². The highest BCUT2D eigenvalue weighted by molar-refractivity contribution is 6.30. The lowest BCUT2D eigenvalue weighted by molar-refractivity contribution is -0.123. The van der Waals surface area contributed by atoms with Crippen LogP contribution in [0.5, 0.6) is 0 Å². The molecular formula is C16H22Cl2N2O. The van der Waals surface area contributed by atoms with Crippen molar-refractivity contribution >= 4 is 29.9 Å². The van der Waals surface area contributed by atoms with Crippen LogP contribution < -0.4 is 11.1 Å². The van der Waals surface area contributed by atoms with Crippen LogP contribution in [0.15, 0.2) is 24.3 Å². The van der Waals surface area contributed by atoms with Crippen LogP contribution in [0.4, 0.5) is 0 Å². The quantitative estimate of drug-likeness (QED) is 0.890. The van der Waals surface area contributed by atoms with E-state index in [9.17, 15) is 4.79 Å². The van der Waals surface area contributed by atoms with E-state index in [-0.39, 0.29) is 29.9 Å². The predicted molar refractivity (Wildman–Crippen MR) is 87.7 cm³/mol. The fourth-order valence-electron chi connectivity index (χ4n) is 3.25. The summed E-state index contributed by atoms with van der Waals surface area (Å²) in [4.78, 5) is 12.2. The molecule has 3 N–H and O–H groups in total. The molecule has 3 rings (SSSR count). The summed E-state index contributed by atoms with van der Waals surface area (Å²) < 4.78 is 0. The van der Waals surface area contributed by atoms with Gasteiger partial charge in [0.15, 0.2) is 0 Å². The highest BCUT2D eigenvalue weighted by atomic mass is 35.5. The number of nitrogens with two attached hydrogens (primary N) is 1. The van der Waals surface area contributed by atoms with Crippen molar-refractivity contribution in [2.75, 3.05) is 0 Å². The van der Waals surface area contributed by atoms with Gasteiger partial charge >= 0.3 is 0 Å². The Labute approximate surface area is 137 Å². The van der Waals surface area contributed by atoms with E-state index in [1.165, 1.54) is 0 Å². The number of halogens is 2. The maximum absolute atomic E-state index is 12.2. The van der Waals surface area contributed by atoms with Crippen molar-refractivity contribution in [2.45, 2.75) is 50.1 Å². The minimum Gasteiger partial charge on any atom is -0.347 e. The van der Waals surface area contributed by atoms with Crippen molar-refractivity contribution in [3.63, 3.8) is 0 Å². The van der Waals surface area contributed by atoms with E-state index >= 15 is 0 Å². The fraction of sp³-hybridized carbons (Fsp3) is 0.562. The van der Waals surface area contributed by atoms with Gasteiger partial charge in [0.1, 0.15) is 0 Å². The first kappa shape index (κ1) is 16.6. The van der Waals surface area contributed by atoms with Gasteiger partial charge < -0.3 is 11.1 Å². The molecule has 2 fully saturated rings. The summed E-state index contributed by atoms with van der Waals surface area (Å²) >= 11 is 5.92. The molecule has 2 aliphatic carbocycles. The van der Waals surface area contributed by atoms with Crippen molar-refractivity contribution in [1.29, 1.82) is 0 Å². The molecule has 1 amide bonds. The van der Waals surface area contributed by atoms with Crippen LogP contribution in [-0.4, -0.2) is 11.9 Å².